The molecule has 1 atom stereocenters. The average Bonchev–Trinajstić information content (AvgIpc) is 2.40. The summed E-state index contributed by atoms with van der Waals surface area (Å²) in [5.74, 6) is -0.908. The average molecular weight is 330 g/mol. The lowest BCUT2D eigenvalue weighted by Crippen LogP contribution is -2.36. The molecule has 5 nitrogen and oxygen atoms in total. The smallest absolute Gasteiger partial charge is 0.326 e. The van der Waals surface area contributed by atoms with Crippen LogP contribution in [0.2, 0.25) is 0 Å². The van der Waals surface area contributed by atoms with E-state index in [0.29, 0.717) is 12.2 Å². The lowest BCUT2D eigenvalue weighted by molar-refractivity contribution is -0.139. The molecule has 0 amide bonds. The van der Waals surface area contributed by atoms with Crippen molar-refractivity contribution in [3.05, 3.63) is 28.5 Å². The molecule has 1 heterocycles. The van der Waals surface area contributed by atoms with Crippen molar-refractivity contribution in [1.29, 1.82) is 0 Å². The Hall–Kier alpha value is -0.980. The molecule has 0 saturated carbocycles. The predicted octanol–water partition coefficient (Wildman–Crippen LogP) is 1.90. The van der Waals surface area contributed by atoms with Gasteiger partial charge in [0.2, 0.25) is 0 Å². The molecule has 19 heavy (non-hydrogen) atoms. The van der Waals surface area contributed by atoms with Gasteiger partial charge in [0.05, 0.1) is 5.69 Å². The number of nitrogens with zero attached hydrogens (tertiary/aromatic N) is 2. The van der Waals surface area contributed by atoms with Crippen LogP contribution < -0.4 is 5.32 Å². The van der Waals surface area contributed by atoms with Crippen LogP contribution in [0, 0.1) is 0 Å². The van der Waals surface area contributed by atoms with Gasteiger partial charge in [-0.25, -0.2) is 0 Å². The minimum atomic E-state index is -0.908. The van der Waals surface area contributed by atoms with Crippen molar-refractivity contribution >= 4 is 21.9 Å². The highest BCUT2D eigenvalue weighted by Crippen LogP contribution is 2.14. The number of aromatic nitrogens is 1. The van der Waals surface area contributed by atoms with Crippen molar-refractivity contribution in [3.8, 4) is 0 Å². The Morgan fingerprint density at radius 3 is 2.63 bits per heavy atom. The second-order valence-electron chi connectivity index (χ2n) is 4.15. The Kier molecular flexibility index (Phi) is 6.97. The third-order valence-corrected chi connectivity index (χ3v) is 3.43. The lowest BCUT2D eigenvalue weighted by atomic mass is 10.2. The molecule has 0 radical (unpaired) electrons. The van der Waals surface area contributed by atoms with E-state index in [4.69, 9.17) is 0 Å². The number of carbonyl (C=O) groups is 1. The highest BCUT2D eigenvalue weighted by Gasteiger charge is 2.20. The SMILES string of the molecule is CCN(CC)CCNC(C(=O)O)c1ccc(Br)cn1. The van der Waals surface area contributed by atoms with E-state index in [0.717, 1.165) is 24.1 Å². The van der Waals surface area contributed by atoms with E-state index >= 15 is 0 Å². The Morgan fingerprint density at radius 2 is 2.16 bits per heavy atom. The summed E-state index contributed by atoms with van der Waals surface area (Å²) in [4.78, 5) is 17.6. The summed E-state index contributed by atoms with van der Waals surface area (Å²) in [5.41, 5.74) is 0.523. The van der Waals surface area contributed by atoms with Crippen molar-refractivity contribution in [1.82, 2.24) is 15.2 Å². The Bertz CT molecular complexity index is 393. The molecule has 0 aromatic carbocycles. The zero-order valence-electron chi connectivity index (χ0n) is 11.3. The van der Waals surface area contributed by atoms with Gasteiger partial charge in [0.15, 0.2) is 0 Å². The van der Waals surface area contributed by atoms with Crippen molar-refractivity contribution in [2.75, 3.05) is 26.2 Å². The number of hydrogen-bond acceptors (Lipinski definition) is 4. The summed E-state index contributed by atoms with van der Waals surface area (Å²) < 4.78 is 0.837. The van der Waals surface area contributed by atoms with E-state index in [-0.39, 0.29) is 0 Å². The fourth-order valence-electron chi connectivity index (χ4n) is 1.78. The van der Waals surface area contributed by atoms with Crippen LogP contribution in [0.25, 0.3) is 0 Å². The van der Waals surface area contributed by atoms with E-state index in [9.17, 15) is 9.90 Å². The summed E-state index contributed by atoms with van der Waals surface area (Å²) in [5, 5.41) is 12.3. The zero-order valence-corrected chi connectivity index (χ0v) is 12.9. The van der Waals surface area contributed by atoms with Crippen molar-refractivity contribution in [3.63, 3.8) is 0 Å². The molecule has 0 spiro atoms. The largest absolute Gasteiger partial charge is 0.480 e. The van der Waals surface area contributed by atoms with Gasteiger partial charge in [-0.1, -0.05) is 13.8 Å². The molecule has 1 aromatic rings. The Balaban J connectivity index is 2.59. The van der Waals surface area contributed by atoms with E-state index in [1.807, 2.05) is 0 Å². The second kappa shape index (κ2) is 8.24. The summed E-state index contributed by atoms with van der Waals surface area (Å²) in [7, 11) is 0. The molecule has 0 saturated heterocycles. The summed E-state index contributed by atoms with van der Waals surface area (Å²) in [6, 6.07) is 2.75. The Morgan fingerprint density at radius 1 is 1.47 bits per heavy atom. The van der Waals surface area contributed by atoms with Gasteiger partial charge in [-0.15, -0.1) is 0 Å². The molecule has 1 rings (SSSR count). The molecule has 0 aliphatic carbocycles. The molecule has 0 fully saturated rings. The van der Waals surface area contributed by atoms with Crippen LogP contribution in [0.1, 0.15) is 25.6 Å². The number of halogens is 1. The van der Waals surface area contributed by atoms with Gasteiger partial charge in [-0.2, -0.15) is 0 Å². The predicted molar refractivity (Wildman–Crippen MR) is 78.1 cm³/mol. The highest BCUT2D eigenvalue weighted by molar-refractivity contribution is 9.10. The maximum Gasteiger partial charge on any atom is 0.326 e. The Labute approximate surface area is 122 Å². The number of nitrogens with one attached hydrogen (secondary N) is 1. The van der Waals surface area contributed by atoms with E-state index < -0.39 is 12.0 Å². The zero-order chi connectivity index (χ0) is 14.3. The molecule has 6 heteroatoms. The van der Waals surface area contributed by atoms with Crippen LogP contribution in [0.3, 0.4) is 0 Å². The molecule has 0 bridgehead atoms. The van der Waals surface area contributed by atoms with Gasteiger partial charge in [-0.05, 0) is 41.2 Å². The maximum atomic E-state index is 11.3. The molecule has 2 N–H and O–H groups in total. The van der Waals surface area contributed by atoms with Crippen LogP contribution in [-0.2, 0) is 4.79 Å². The standard InChI is InChI=1S/C13H20BrN3O2/c1-3-17(4-2)8-7-15-12(13(18)19)11-6-5-10(14)9-16-11/h5-6,9,12,15H,3-4,7-8H2,1-2H3,(H,18,19). The van der Waals surface area contributed by atoms with Crippen LogP contribution >= 0.6 is 15.9 Å². The number of likely N-dealkylation sites (N-methyl/N-ethyl adjacent to an activating group) is 1. The van der Waals surface area contributed by atoms with Crippen molar-refractivity contribution < 1.29 is 9.90 Å². The first kappa shape index (κ1) is 16.1. The minimum Gasteiger partial charge on any atom is -0.480 e. The van der Waals surface area contributed by atoms with Gasteiger partial charge in [0, 0.05) is 23.8 Å². The lowest BCUT2D eigenvalue weighted by Gasteiger charge is -2.20. The number of aliphatic carboxylic acids is 1. The molecular formula is C13H20BrN3O2. The quantitative estimate of drug-likeness (QED) is 0.762. The van der Waals surface area contributed by atoms with Crippen molar-refractivity contribution in [2.45, 2.75) is 19.9 Å². The van der Waals surface area contributed by atoms with E-state index in [1.165, 1.54) is 0 Å². The number of rotatable bonds is 8. The highest BCUT2D eigenvalue weighted by atomic mass is 79.9. The van der Waals surface area contributed by atoms with Gasteiger partial charge in [-0.3, -0.25) is 15.1 Å². The summed E-state index contributed by atoms with van der Waals surface area (Å²) in [6.45, 7) is 7.56. The van der Waals surface area contributed by atoms with Gasteiger partial charge in [0.1, 0.15) is 6.04 Å². The van der Waals surface area contributed by atoms with Gasteiger partial charge < -0.3 is 10.0 Å². The van der Waals surface area contributed by atoms with Crippen LogP contribution in [0.5, 0.6) is 0 Å². The fraction of sp³-hybridized carbons (Fsp3) is 0.538. The van der Waals surface area contributed by atoms with Crippen LogP contribution in [0.4, 0.5) is 0 Å². The van der Waals surface area contributed by atoms with E-state index in [2.05, 4.69) is 45.0 Å². The molecule has 106 valence electrons. The maximum absolute atomic E-state index is 11.3. The molecular weight excluding hydrogens is 310 g/mol. The van der Waals surface area contributed by atoms with E-state index in [1.54, 1.807) is 18.3 Å². The molecule has 1 aromatic heterocycles. The summed E-state index contributed by atoms with van der Waals surface area (Å²) >= 11 is 3.28. The first-order chi connectivity index (χ1) is 9.08. The number of carboxylic acids is 1. The van der Waals surface area contributed by atoms with Crippen LogP contribution in [-0.4, -0.2) is 47.1 Å². The summed E-state index contributed by atoms with van der Waals surface area (Å²) in [6.07, 6.45) is 1.61. The normalized spacial score (nSPS) is 12.6. The fourth-order valence-corrected chi connectivity index (χ4v) is 2.02. The van der Waals surface area contributed by atoms with Crippen molar-refractivity contribution in [2.24, 2.45) is 0 Å². The molecule has 0 aliphatic heterocycles. The monoisotopic (exact) mass is 329 g/mol. The second-order valence-corrected chi connectivity index (χ2v) is 5.07. The first-order valence-corrected chi connectivity index (χ1v) is 7.17. The third-order valence-electron chi connectivity index (χ3n) is 2.96. The topological polar surface area (TPSA) is 65.5 Å². The van der Waals surface area contributed by atoms with Gasteiger partial charge in [0.25, 0.3) is 0 Å². The first-order valence-electron chi connectivity index (χ1n) is 6.38. The molecule has 1 unspecified atom stereocenters. The van der Waals surface area contributed by atoms with Crippen LogP contribution in [0.15, 0.2) is 22.8 Å². The number of hydrogen-bond donors (Lipinski definition) is 2. The van der Waals surface area contributed by atoms with Gasteiger partial charge >= 0.3 is 5.97 Å². The third kappa shape index (κ3) is 5.26. The minimum absolute atomic E-state index is 0.523. The molecule has 0 aliphatic rings. The number of carboxylic acid groups (broad SMARTS) is 1. The number of pyridine rings is 1.